The number of aromatic nitrogens is 2. The number of thiophene rings is 1. The summed E-state index contributed by atoms with van der Waals surface area (Å²) in [6, 6.07) is 1.53. The number of rotatable bonds is 6. The van der Waals surface area contributed by atoms with Crippen LogP contribution in [0.4, 0.5) is 0 Å². The number of hydrogen-bond acceptors (Lipinski definition) is 6. The van der Waals surface area contributed by atoms with E-state index in [1.807, 2.05) is 6.92 Å². The van der Waals surface area contributed by atoms with Gasteiger partial charge in [0, 0.05) is 7.11 Å². The van der Waals surface area contributed by atoms with E-state index in [-0.39, 0.29) is 17.4 Å². The summed E-state index contributed by atoms with van der Waals surface area (Å²) < 4.78 is 6.58. The van der Waals surface area contributed by atoms with Crippen LogP contribution in [0, 0.1) is 0 Å². The van der Waals surface area contributed by atoms with Crippen LogP contribution in [-0.2, 0) is 9.53 Å². The second-order valence-corrected chi connectivity index (χ2v) is 6.03. The molecule has 6 nitrogen and oxygen atoms in total. The summed E-state index contributed by atoms with van der Waals surface area (Å²) in [6.45, 7) is 2.20. The van der Waals surface area contributed by atoms with Crippen molar-refractivity contribution in [3.05, 3.63) is 21.8 Å². The fraction of sp³-hybridized carbons (Fsp3) is 0.417. The van der Waals surface area contributed by atoms with E-state index in [2.05, 4.69) is 4.98 Å². The molecule has 0 aromatic carbocycles. The third-order valence-electron chi connectivity index (χ3n) is 2.67. The highest BCUT2D eigenvalue weighted by Gasteiger charge is 2.17. The van der Waals surface area contributed by atoms with Gasteiger partial charge in [-0.3, -0.25) is 14.2 Å². The first-order chi connectivity index (χ1) is 9.54. The van der Waals surface area contributed by atoms with Crippen molar-refractivity contribution in [1.82, 2.24) is 9.55 Å². The summed E-state index contributed by atoms with van der Waals surface area (Å²) in [4.78, 5) is 28.2. The zero-order chi connectivity index (χ0) is 14.7. The van der Waals surface area contributed by atoms with Gasteiger partial charge in [0.15, 0.2) is 5.16 Å². The van der Waals surface area contributed by atoms with Crippen molar-refractivity contribution >= 4 is 39.3 Å². The lowest BCUT2D eigenvalue weighted by Gasteiger charge is -2.17. The lowest BCUT2D eigenvalue weighted by atomic mass is 10.3. The molecule has 0 spiro atoms. The Morgan fingerprint density at radius 3 is 3.05 bits per heavy atom. The average molecular weight is 314 g/mol. The molecule has 0 bridgehead atoms. The third kappa shape index (κ3) is 3.02. The minimum absolute atomic E-state index is 0.136. The molecule has 1 N–H and O–H groups in total. The summed E-state index contributed by atoms with van der Waals surface area (Å²) in [5.41, 5.74) is -0.159. The number of carbonyl (C=O) groups is 1. The van der Waals surface area contributed by atoms with Gasteiger partial charge in [0.2, 0.25) is 0 Å². The van der Waals surface area contributed by atoms with E-state index in [1.165, 1.54) is 15.9 Å². The van der Waals surface area contributed by atoms with Gasteiger partial charge in [-0.2, -0.15) is 0 Å². The molecule has 2 rings (SSSR count). The molecule has 1 atom stereocenters. The molecular weight excluding hydrogens is 300 g/mol. The molecule has 0 saturated carbocycles. The Labute approximate surface area is 123 Å². The molecule has 0 saturated heterocycles. The van der Waals surface area contributed by atoms with Crippen LogP contribution in [0.25, 0.3) is 10.2 Å². The summed E-state index contributed by atoms with van der Waals surface area (Å²) in [7, 11) is 1.56. The molecule has 0 fully saturated rings. The van der Waals surface area contributed by atoms with Crippen molar-refractivity contribution in [3.63, 3.8) is 0 Å². The van der Waals surface area contributed by atoms with E-state index in [4.69, 9.17) is 9.84 Å². The lowest BCUT2D eigenvalue weighted by molar-refractivity contribution is -0.133. The predicted molar refractivity (Wildman–Crippen MR) is 78.8 cm³/mol. The van der Waals surface area contributed by atoms with Gasteiger partial charge in [-0.25, -0.2) is 4.98 Å². The van der Waals surface area contributed by atoms with E-state index < -0.39 is 5.97 Å². The van der Waals surface area contributed by atoms with E-state index >= 15 is 0 Å². The van der Waals surface area contributed by atoms with Gasteiger partial charge in [-0.05, 0) is 18.4 Å². The number of carboxylic acids is 1. The van der Waals surface area contributed by atoms with Gasteiger partial charge in [0.05, 0.1) is 23.8 Å². The standard InChI is InChI=1S/C12H14N2O4S2/c1-7(5-18-2)14-11(17)8-3-4-19-10(8)13-12(14)20-6-9(15)16/h3-4,7H,5-6H2,1-2H3,(H,15,16). The van der Waals surface area contributed by atoms with Crippen molar-refractivity contribution in [2.45, 2.75) is 18.1 Å². The minimum Gasteiger partial charge on any atom is -0.481 e. The highest BCUT2D eigenvalue weighted by atomic mass is 32.2. The maximum absolute atomic E-state index is 12.5. The third-order valence-corrected chi connectivity index (χ3v) is 4.41. The smallest absolute Gasteiger partial charge is 0.313 e. The highest BCUT2D eigenvalue weighted by Crippen LogP contribution is 2.23. The van der Waals surface area contributed by atoms with Gasteiger partial charge in [-0.1, -0.05) is 11.8 Å². The van der Waals surface area contributed by atoms with Crippen molar-refractivity contribution in [3.8, 4) is 0 Å². The Hall–Kier alpha value is -1.38. The Balaban J connectivity index is 2.53. The molecule has 1 unspecified atom stereocenters. The van der Waals surface area contributed by atoms with Crippen molar-refractivity contribution < 1.29 is 14.6 Å². The first kappa shape index (κ1) is 15.0. The molecule has 0 aliphatic carbocycles. The predicted octanol–water partition coefficient (Wildman–Crippen LogP) is 1.84. The van der Waals surface area contributed by atoms with Crippen LogP contribution in [-0.4, -0.2) is 40.1 Å². The summed E-state index contributed by atoms with van der Waals surface area (Å²) in [5, 5.41) is 11.6. The number of methoxy groups -OCH3 is 1. The largest absolute Gasteiger partial charge is 0.481 e. The Kier molecular flexibility index (Phi) is 4.79. The van der Waals surface area contributed by atoms with Gasteiger partial charge in [0.1, 0.15) is 4.83 Å². The van der Waals surface area contributed by atoms with Crippen LogP contribution in [0.15, 0.2) is 21.4 Å². The zero-order valence-corrected chi connectivity index (χ0v) is 12.7. The summed E-state index contributed by atoms with van der Waals surface area (Å²) >= 11 is 2.41. The Morgan fingerprint density at radius 1 is 1.65 bits per heavy atom. The van der Waals surface area contributed by atoms with Crippen molar-refractivity contribution in [2.75, 3.05) is 19.5 Å². The molecule has 8 heteroatoms. The molecule has 0 aliphatic rings. The molecule has 2 aromatic rings. The number of nitrogens with zero attached hydrogens (tertiary/aromatic N) is 2. The van der Waals surface area contributed by atoms with Crippen LogP contribution >= 0.6 is 23.1 Å². The number of carboxylic acid groups (broad SMARTS) is 1. The van der Waals surface area contributed by atoms with Crippen LogP contribution in [0.5, 0.6) is 0 Å². The van der Waals surface area contributed by atoms with E-state index in [1.54, 1.807) is 18.6 Å². The maximum Gasteiger partial charge on any atom is 0.313 e. The second-order valence-electron chi connectivity index (χ2n) is 4.20. The number of aliphatic carboxylic acids is 1. The van der Waals surface area contributed by atoms with Gasteiger partial charge < -0.3 is 9.84 Å². The quantitative estimate of drug-likeness (QED) is 0.647. The van der Waals surface area contributed by atoms with Crippen LogP contribution in [0.3, 0.4) is 0 Å². The SMILES string of the molecule is COCC(C)n1c(SCC(=O)O)nc2sccc2c1=O. The van der Waals surface area contributed by atoms with Gasteiger partial charge >= 0.3 is 5.97 Å². The maximum atomic E-state index is 12.5. The number of fused-ring (bicyclic) bond motifs is 1. The van der Waals surface area contributed by atoms with Gasteiger partial charge in [0.25, 0.3) is 5.56 Å². The molecule has 0 amide bonds. The molecule has 20 heavy (non-hydrogen) atoms. The summed E-state index contributed by atoms with van der Waals surface area (Å²) in [6.07, 6.45) is 0. The van der Waals surface area contributed by atoms with Crippen LogP contribution in [0.2, 0.25) is 0 Å². The fourth-order valence-electron chi connectivity index (χ4n) is 1.84. The second kappa shape index (κ2) is 6.38. The average Bonchev–Trinajstić information content (AvgIpc) is 2.85. The zero-order valence-electron chi connectivity index (χ0n) is 11.0. The van der Waals surface area contributed by atoms with E-state index in [0.717, 1.165) is 11.8 Å². The van der Waals surface area contributed by atoms with Crippen molar-refractivity contribution in [1.29, 1.82) is 0 Å². The van der Waals surface area contributed by atoms with Crippen molar-refractivity contribution in [2.24, 2.45) is 0 Å². The molecule has 0 aliphatic heterocycles. The monoisotopic (exact) mass is 314 g/mol. The normalized spacial score (nSPS) is 12.7. The number of thioether (sulfide) groups is 1. The molecule has 2 aromatic heterocycles. The molecule has 0 radical (unpaired) electrons. The molecule has 2 heterocycles. The first-order valence-electron chi connectivity index (χ1n) is 5.88. The minimum atomic E-state index is -0.943. The summed E-state index contributed by atoms with van der Waals surface area (Å²) in [5.74, 6) is -1.08. The lowest BCUT2D eigenvalue weighted by Crippen LogP contribution is -2.28. The fourth-order valence-corrected chi connectivity index (χ4v) is 3.46. The Bertz CT molecular complexity index is 680. The topological polar surface area (TPSA) is 81.4 Å². The molecule has 108 valence electrons. The van der Waals surface area contributed by atoms with E-state index in [0.29, 0.717) is 22.0 Å². The van der Waals surface area contributed by atoms with Gasteiger partial charge in [-0.15, -0.1) is 11.3 Å². The van der Waals surface area contributed by atoms with E-state index in [9.17, 15) is 9.59 Å². The first-order valence-corrected chi connectivity index (χ1v) is 7.74. The molecular formula is C12H14N2O4S2. The van der Waals surface area contributed by atoms with Crippen LogP contribution < -0.4 is 5.56 Å². The number of ether oxygens (including phenoxy) is 1. The Morgan fingerprint density at radius 2 is 2.40 bits per heavy atom. The highest BCUT2D eigenvalue weighted by molar-refractivity contribution is 7.99. The number of hydrogen-bond donors (Lipinski definition) is 1. The van der Waals surface area contributed by atoms with Crippen LogP contribution in [0.1, 0.15) is 13.0 Å².